The molecule has 0 N–H and O–H groups in total. The van der Waals surface area contributed by atoms with Crippen molar-refractivity contribution in [2.24, 2.45) is 0 Å². The predicted molar refractivity (Wildman–Crippen MR) is 82.6 cm³/mol. The normalized spacial score (nSPS) is 12.0. The maximum Gasteiger partial charge on any atom is 0.156 e. The third-order valence-electron chi connectivity index (χ3n) is 3.09. The van der Waals surface area contributed by atoms with Crippen LogP contribution in [0.15, 0.2) is 41.4 Å². The van der Waals surface area contributed by atoms with Crippen molar-refractivity contribution in [1.29, 1.82) is 0 Å². The third-order valence-corrected chi connectivity index (χ3v) is 3.53. The van der Waals surface area contributed by atoms with Crippen molar-refractivity contribution in [3.05, 3.63) is 47.1 Å². The fourth-order valence-electron chi connectivity index (χ4n) is 1.96. The molecule has 0 saturated heterocycles. The number of nitrogens with zero attached hydrogens (tertiary/aromatic N) is 4. The van der Waals surface area contributed by atoms with Crippen molar-refractivity contribution in [3.63, 3.8) is 0 Å². The Morgan fingerprint density at radius 3 is 2.55 bits per heavy atom. The summed E-state index contributed by atoms with van der Waals surface area (Å²) in [7, 11) is 0. The molecule has 0 spiro atoms. The van der Waals surface area contributed by atoms with Crippen LogP contribution in [0.1, 0.15) is 26.5 Å². The van der Waals surface area contributed by atoms with Gasteiger partial charge >= 0.3 is 0 Å². The van der Waals surface area contributed by atoms with Gasteiger partial charge in [-0.3, -0.25) is 4.98 Å². The summed E-state index contributed by atoms with van der Waals surface area (Å²) in [5.74, 6) is 0. The molecule has 3 aromatic heterocycles. The number of hydrogen-bond acceptors (Lipinski definition) is 3. The van der Waals surface area contributed by atoms with E-state index in [0.29, 0.717) is 0 Å². The van der Waals surface area contributed by atoms with Crippen LogP contribution in [0.5, 0.6) is 0 Å². The molecule has 0 radical (unpaired) electrons. The van der Waals surface area contributed by atoms with Crippen LogP contribution in [0.25, 0.3) is 17.0 Å². The zero-order valence-electron chi connectivity index (χ0n) is 11.6. The summed E-state index contributed by atoms with van der Waals surface area (Å²) in [5, 5.41) is 0. The first-order chi connectivity index (χ1) is 9.43. The molecule has 0 unspecified atom stereocenters. The lowest BCUT2D eigenvalue weighted by molar-refractivity contribution is 0.564. The van der Waals surface area contributed by atoms with E-state index in [-0.39, 0.29) is 5.41 Å². The van der Waals surface area contributed by atoms with E-state index in [0.717, 1.165) is 27.3 Å². The summed E-state index contributed by atoms with van der Waals surface area (Å²) in [5.41, 5.74) is 3.58. The highest BCUT2D eigenvalue weighted by Crippen LogP contribution is 2.22. The minimum atomic E-state index is 0.0205. The number of pyridine rings is 1. The maximum absolute atomic E-state index is 4.56. The van der Waals surface area contributed by atoms with Gasteiger partial charge in [0.25, 0.3) is 0 Å². The molecule has 0 fully saturated rings. The zero-order valence-corrected chi connectivity index (χ0v) is 13.2. The Bertz CT molecular complexity index is 771. The summed E-state index contributed by atoms with van der Waals surface area (Å²) in [6, 6.07) is 5.80. The summed E-state index contributed by atoms with van der Waals surface area (Å²) in [6.45, 7) is 6.44. The largest absolute Gasteiger partial charge is 0.303 e. The van der Waals surface area contributed by atoms with Crippen molar-refractivity contribution >= 4 is 21.6 Å². The van der Waals surface area contributed by atoms with Gasteiger partial charge in [-0.1, -0.05) is 26.8 Å². The molecule has 102 valence electrons. The minimum absolute atomic E-state index is 0.0205. The lowest BCUT2D eigenvalue weighted by Gasteiger charge is -2.17. The molecule has 0 saturated carbocycles. The molecule has 0 aliphatic carbocycles. The number of rotatable bonds is 1. The average Bonchev–Trinajstić information content (AvgIpc) is 2.80. The zero-order chi connectivity index (χ0) is 14.3. The average molecular weight is 331 g/mol. The molecule has 3 aromatic rings. The van der Waals surface area contributed by atoms with E-state index in [1.54, 1.807) is 0 Å². The van der Waals surface area contributed by atoms with Crippen LogP contribution in [0, 0.1) is 0 Å². The highest BCUT2D eigenvalue weighted by Gasteiger charge is 2.16. The molecule has 0 bridgehead atoms. The first-order valence-corrected chi connectivity index (χ1v) is 7.21. The van der Waals surface area contributed by atoms with Crippen LogP contribution < -0.4 is 0 Å². The van der Waals surface area contributed by atoms with Gasteiger partial charge in [-0.05, 0) is 28.1 Å². The fraction of sp³-hybridized carbons (Fsp3) is 0.267. The number of imidazole rings is 1. The van der Waals surface area contributed by atoms with Gasteiger partial charge in [-0.15, -0.1) is 0 Å². The topological polar surface area (TPSA) is 43.1 Å². The fourth-order valence-corrected chi connectivity index (χ4v) is 2.30. The molecule has 4 nitrogen and oxygen atoms in total. The number of aromatic nitrogens is 4. The number of fused-ring (bicyclic) bond motifs is 1. The molecule has 0 aliphatic rings. The summed E-state index contributed by atoms with van der Waals surface area (Å²) in [4.78, 5) is 13.5. The van der Waals surface area contributed by atoms with Crippen LogP contribution in [-0.2, 0) is 5.41 Å². The molecule has 0 atom stereocenters. The molecule has 3 heterocycles. The first-order valence-electron chi connectivity index (χ1n) is 6.42. The maximum atomic E-state index is 4.56. The number of hydrogen-bond donors (Lipinski definition) is 0. The Balaban J connectivity index is 2.11. The van der Waals surface area contributed by atoms with E-state index in [4.69, 9.17) is 0 Å². The van der Waals surface area contributed by atoms with Crippen molar-refractivity contribution in [2.45, 2.75) is 26.2 Å². The Morgan fingerprint density at radius 1 is 1.05 bits per heavy atom. The van der Waals surface area contributed by atoms with Crippen LogP contribution in [0.4, 0.5) is 0 Å². The van der Waals surface area contributed by atoms with Gasteiger partial charge in [0, 0.05) is 17.8 Å². The standard InChI is InChI=1S/C15H15BrN4/c1-15(2,3)12-9-20-8-11(19-14(20)7-17-12)10-5-4-6-13(16)18-10/h4-9H,1-3H3. The van der Waals surface area contributed by atoms with Gasteiger partial charge in [0.05, 0.1) is 17.6 Å². The van der Waals surface area contributed by atoms with Crippen LogP contribution in [0.2, 0.25) is 0 Å². The van der Waals surface area contributed by atoms with E-state index in [1.807, 2.05) is 41.2 Å². The van der Waals surface area contributed by atoms with Crippen molar-refractivity contribution < 1.29 is 0 Å². The van der Waals surface area contributed by atoms with Crippen LogP contribution in [-0.4, -0.2) is 19.4 Å². The van der Waals surface area contributed by atoms with Gasteiger partial charge in [-0.2, -0.15) is 0 Å². The Morgan fingerprint density at radius 2 is 1.85 bits per heavy atom. The second kappa shape index (κ2) is 4.66. The van der Waals surface area contributed by atoms with Gasteiger partial charge in [0.2, 0.25) is 0 Å². The van der Waals surface area contributed by atoms with Gasteiger partial charge in [0.15, 0.2) is 5.65 Å². The van der Waals surface area contributed by atoms with E-state index < -0.39 is 0 Å². The van der Waals surface area contributed by atoms with Crippen LogP contribution >= 0.6 is 15.9 Å². The lowest BCUT2D eigenvalue weighted by Crippen LogP contribution is -2.14. The minimum Gasteiger partial charge on any atom is -0.303 e. The van der Waals surface area contributed by atoms with Gasteiger partial charge in [-0.25, -0.2) is 9.97 Å². The van der Waals surface area contributed by atoms with Gasteiger partial charge < -0.3 is 4.40 Å². The first kappa shape index (κ1) is 13.2. The Kier molecular flexibility index (Phi) is 3.09. The highest BCUT2D eigenvalue weighted by molar-refractivity contribution is 9.10. The predicted octanol–water partition coefficient (Wildman–Crippen LogP) is 3.85. The molecule has 5 heteroatoms. The molecular weight excluding hydrogens is 316 g/mol. The van der Waals surface area contributed by atoms with E-state index in [9.17, 15) is 0 Å². The molecule has 0 aromatic carbocycles. The summed E-state index contributed by atoms with van der Waals surface area (Å²) in [6.07, 6.45) is 5.83. The van der Waals surface area contributed by atoms with E-state index in [1.165, 1.54) is 0 Å². The molecule has 0 amide bonds. The van der Waals surface area contributed by atoms with Crippen molar-refractivity contribution in [3.8, 4) is 11.4 Å². The highest BCUT2D eigenvalue weighted by atomic mass is 79.9. The van der Waals surface area contributed by atoms with Crippen molar-refractivity contribution in [2.75, 3.05) is 0 Å². The van der Waals surface area contributed by atoms with E-state index in [2.05, 4.69) is 51.7 Å². The van der Waals surface area contributed by atoms with E-state index >= 15 is 0 Å². The summed E-state index contributed by atoms with van der Waals surface area (Å²) < 4.78 is 2.81. The van der Waals surface area contributed by atoms with Crippen molar-refractivity contribution in [1.82, 2.24) is 19.4 Å². The second-order valence-electron chi connectivity index (χ2n) is 5.76. The van der Waals surface area contributed by atoms with Gasteiger partial charge in [0.1, 0.15) is 10.3 Å². The summed E-state index contributed by atoms with van der Waals surface area (Å²) >= 11 is 3.38. The third kappa shape index (κ3) is 2.45. The SMILES string of the molecule is CC(C)(C)c1cn2cc(-c3cccc(Br)n3)nc2cn1. The molecule has 20 heavy (non-hydrogen) atoms. The molecule has 0 aliphatic heterocycles. The lowest BCUT2D eigenvalue weighted by atomic mass is 9.93. The molecular formula is C15H15BrN4. The number of halogens is 1. The second-order valence-corrected chi connectivity index (χ2v) is 6.57. The Hall–Kier alpha value is -1.75. The Labute approximate surface area is 126 Å². The van der Waals surface area contributed by atoms with Crippen LogP contribution in [0.3, 0.4) is 0 Å². The molecule has 3 rings (SSSR count). The smallest absolute Gasteiger partial charge is 0.156 e. The quantitative estimate of drug-likeness (QED) is 0.636. The monoisotopic (exact) mass is 330 g/mol.